The summed E-state index contributed by atoms with van der Waals surface area (Å²) >= 11 is 1.83. The molecule has 0 spiro atoms. The predicted molar refractivity (Wildman–Crippen MR) is 94.6 cm³/mol. The SMILES string of the molecule is c1ccc(-c2noc(CN3CCN(Cc4cccs4)CC3)n2)cc1. The number of thiophene rings is 1. The van der Waals surface area contributed by atoms with Crippen molar-refractivity contribution in [1.29, 1.82) is 0 Å². The third-order valence-corrected chi connectivity index (χ3v) is 5.14. The van der Waals surface area contributed by atoms with Crippen LogP contribution in [0.3, 0.4) is 0 Å². The molecule has 1 aromatic carbocycles. The zero-order valence-corrected chi connectivity index (χ0v) is 14.3. The maximum absolute atomic E-state index is 5.42. The van der Waals surface area contributed by atoms with Crippen molar-refractivity contribution in [3.63, 3.8) is 0 Å². The van der Waals surface area contributed by atoms with Gasteiger partial charge in [-0.15, -0.1) is 11.3 Å². The lowest BCUT2D eigenvalue weighted by Gasteiger charge is -2.33. The van der Waals surface area contributed by atoms with E-state index >= 15 is 0 Å². The normalized spacial score (nSPS) is 16.5. The van der Waals surface area contributed by atoms with Crippen molar-refractivity contribution in [3.05, 3.63) is 58.6 Å². The summed E-state index contributed by atoms with van der Waals surface area (Å²) in [5.74, 6) is 1.36. The quantitative estimate of drug-likeness (QED) is 0.714. The molecule has 5 nitrogen and oxygen atoms in total. The minimum absolute atomic E-state index is 0.668. The number of benzene rings is 1. The topological polar surface area (TPSA) is 45.4 Å². The smallest absolute Gasteiger partial charge is 0.241 e. The highest BCUT2D eigenvalue weighted by molar-refractivity contribution is 7.09. The molecule has 24 heavy (non-hydrogen) atoms. The highest BCUT2D eigenvalue weighted by atomic mass is 32.1. The summed E-state index contributed by atoms with van der Waals surface area (Å²) in [6.07, 6.45) is 0. The molecule has 1 fully saturated rings. The maximum atomic E-state index is 5.42. The zero-order chi connectivity index (χ0) is 16.2. The van der Waals surface area contributed by atoms with E-state index in [0.717, 1.165) is 44.8 Å². The molecule has 2 aromatic heterocycles. The largest absolute Gasteiger partial charge is 0.338 e. The Hall–Kier alpha value is -2.02. The van der Waals surface area contributed by atoms with E-state index < -0.39 is 0 Å². The minimum Gasteiger partial charge on any atom is -0.338 e. The number of hydrogen-bond acceptors (Lipinski definition) is 6. The molecule has 0 aliphatic carbocycles. The predicted octanol–water partition coefficient (Wildman–Crippen LogP) is 3.12. The number of hydrogen-bond donors (Lipinski definition) is 0. The summed E-state index contributed by atoms with van der Waals surface area (Å²) in [6, 6.07) is 14.3. The molecule has 4 rings (SSSR count). The Morgan fingerprint density at radius 3 is 2.38 bits per heavy atom. The van der Waals surface area contributed by atoms with Crippen molar-refractivity contribution in [2.45, 2.75) is 13.1 Å². The van der Waals surface area contributed by atoms with Crippen LogP contribution in [0.15, 0.2) is 52.4 Å². The maximum Gasteiger partial charge on any atom is 0.241 e. The molecule has 0 unspecified atom stereocenters. The van der Waals surface area contributed by atoms with Crippen LogP contribution in [0.25, 0.3) is 11.4 Å². The van der Waals surface area contributed by atoms with E-state index in [2.05, 4.69) is 37.5 Å². The fraction of sp³-hybridized carbons (Fsp3) is 0.333. The van der Waals surface area contributed by atoms with Crippen LogP contribution in [0.1, 0.15) is 10.8 Å². The monoisotopic (exact) mass is 340 g/mol. The molecule has 124 valence electrons. The molecule has 0 bridgehead atoms. The number of piperazine rings is 1. The average Bonchev–Trinajstić information content (AvgIpc) is 3.29. The summed E-state index contributed by atoms with van der Waals surface area (Å²) in [4.78, 5) is 10.8. The summed E-state index contributed by atoms with van der Waals surface area (Å²) < 4.78 is 5.42. The Kier molecular flexibility index (Phi) is 4.69. The second kappa shape index (κ2) is 7.25. The first-order chi connectivity index (χ1) is 11.9. The van der Waals surface area contributed by atoms with Crippen molar-refractivity contribution in [2.75, 3.05) is 26.2 Å². The summed E-state index contributed by atoms with van der Waals surface area (Å²) in [7, 11) is 0. The van der Waals surface area contributed by atoms with Crippen LogP contribution in [-0.4, -0.2) is 46.1 Å². The van der Waals surface area contributed by atoms with Gasteiger partial charge >= 0.3 is 0 Å². The first kappa shape index (κ1) is 15.5. The van der Waals surface area contributed by atoms with Crippen LogP contribution in [0.5, 0.6) is 0 Å². The van der Waals surface area contributed by atoms with Gasteiger partial charge in [-0.05, 0) is 11.4 Å². The van der Waals surface area contributed by atoms with Crippen LogP contribution in [0.2, 0.25) is 0 Å². The van der Waals surface area contributed by atoms with Crippen LogP contribution < -0.4 is 0 Å². The van der Waals surface area contributed by atoms with Gasteiger partial charge < -0.3 is 4.52 Å². The number of aromatic nitrogens is 2. The van der Waals surface area contributed by atoms with Gasteiger partial charge in [-0.2, -0.15) is 4.98 Å². The lowest BCUT2D eigenvalue weighted by molar-refractivity contribution is 0.113. The van der Waals surface area contributed by atoms with Crippen molar-refractivity contribution < 1.29 is 4.52 Å². The minimum atomic E-state index is 0.668. The first-order valence-electron chi connectivity index (χ1n) is 8.22. The standard InChI is InChI=1S/C18H20N4OS/c1-2-5-15(6-3-1)18-19-17(23-20-18)14-22-10-8-21(9-11-22)13-16-7-4-12-24-16/h1-7,12H,8-11,13-14H2. The first-order valence-corrected chi connectivity index (χ1v) is 9.10. The van der Waals surface area contributed by atoms with Crippen molar-refractivity contribution in [3.8, 4) is 11.4 Å². The Bertz CT molecular complexity index is 748. The second-order valence-electron chi connectivity index (χ2n) is 6.01. The van der Waals surface area contributed by atoms with Gasteiger partial charge in [0, 0.05) is 43.2 Å². The van der Waals surface area contributed by atoms with Crippen molar-refractivity contribution in [1.82, 2.24) is 19.9 Å². The third kappa shape index (κ3) is 3.72. The fourth-order valence-electron chi connectivity index (χ4n) is 2.94. The molecule has 0 atom stereocenters. The summed E-state index contributed by atoms with van der Waals surface area (Å²) in [5, 5.41) is 6.24. The number of rotatable bonds is 5. The highest BCUT2D eigenvalue weighted by Crippen LogP contribution is 2.17. The van der Waals surface area contributed by atoms with Crippen LogP contribution in [0.4, 0.5) is 0 Å². The van der Waals surface area contributed by atoms with E-state index in [-0.39, 0.29) is 0 Å². The molecule has 1 aliphatic rings. The van der Waals surface area contributed by atoms with E-state index in [4.69, 9.17) is 4.52 Å². The van der Waals surface area contributed by atoms with Gasteiger partial charge in [0.25, 0.3) is 0 Å². The van der Waals surface area contributed by atoms with Crippen LogP contribution in [-0.2, 0) is 13.1 Å². The summed E-state index contributed by atoms with van der Waals surface area (Å²) in [5.41, 5.74) is 0.994. The second-order valence-corrected chi connectivity index (χ2v) is 7.04. The van der Waals surface area contributed by atoms with Gasteiger partial charge in [0.15, 0.2) is 0 Å². The van der Waals surface area contributed by atoms with Crippen LogP contribution >= 0.6 is 11.3 Å². The zero-order valence-electron chi connectivity index (χ0n) is 13.5. The van der Waals surface area contributed by atoms with Crippen molar-refractivity contribution >= 4 is 11.3 Å². The Balaban J connectivity index is 1.30. The van der Waals surface area contributed by atoms with Gasteiger partial charge in [0.05, 0.1) is 6.54 Å². The van der Waals surface area contributed by atoms with E-state index in [1.807, 2.05) is 41.7 Å². The Labute approximate surface area is 145 Å². The van der Waals surface area contributed by atoms with Crippen LogP contribution in [0, 0.1) is 0 Å². The van der Waals surface area contributed by atoms with E-state index in [0.29, 0.717) is 11.7 Å². The molecule has 0 amide bonds. The fourth-order valence-corrected chi connectivity index (χ4v) is 3.69. The van der Waals surface area contributed by atoms with Gasteiger partial charge in [-0.1, -0.05) is 41.6 Å². The van der Waals surface area contributed by atoms with Gasteiger partial charge in [0.2, 0.25) is 11.7 Å². The summed E-state index contributed by atoms with van der Waals surface area (Å²) in [6.45, 7) is 6.02. The lowest BCUT2D eigenvalue weighted by atomic mass is 10.2. The Morgan fingerprint density at radius 1 is 0.917 bits per heavy atom. The molecule has 0 saturated carbocycles. The molecular weight excluding hydrogens is 320 g/mol. The van der Waals surface area contributed by atoms with Crippen molar-refractivity contribution in [2.24, 2.45) is 0 Å². The van der Waals surface area contributed by atoms with Gasteiger partial charge in [0.1, 0.15) is 0 Å². The molecule has 0 radical (unpaired) electrons. The average molecular weight is 340 g/mol. The highest BCUT2D eigenvalue weighted by Gasteiger charge is 2.19. The van der Waals surface area contributed by atoms with E-state index in [9.17, 15) is 0 Å². The van der Waals surface area contributed by atoms with Gasteiger partial charge in [-0.25, -0.2) is 0 Å². The third-order valence-electron chi connectivity index (χ3n) is 4.28. The molecular formula is C18H20N4OS. The van der Waals surface area contributed by atoms with E-state index in [1.54, 1.807) is 0 Å². The lowest BCUT2D eigenvalue weighted by Crippen LogP contribution is -2.45. The molecule has 3 heterocycles. The molecule has 1 saturated heterocycles. The number of nitrogens with zero attached hydrogens (tertiary/aromatic N) is 4. The van der Waals surface area contributed by atoms with E-state index in [1.165, 1.54) is 4.88 Å². The molecule has 3 aromatic rings. The molecule has 0 N–H and O–H groups in total. The van der Waals surface area contributed by atoms with Gasteiger partial charge in [-0.3, -0.25) is 9.80 Å². The molecule has 6 heteroatoms. The Morgan fingerprint density at radius 2 is 1.67 bits per heavy atom. The molecule has 1 aliphatic heterocycles.